The molecule has 0 saturated heterocycles. The predicted octanol–water partition coefficient (Wildman–Crippen LogP) is 0.115. The number of esters is 1. The second-order valence-electron chi connectivity index (χ2n) is 3.80. The Labute approximate surface area is 95.5 Å². The van der Waals surface area contributed by atoms with Gasteiger partial charge in [0.05, 0.1) is 21.1 Å². The van der Waals surface area contributed by atoms with Gasteiger partial charge in [0, 0.05) is 13.0 Å². The van der Waals surface area contributed by atoms with Crippen molar-refractivity contribution < 1.29 is 31.5 Å². The molecule has 0 bridgehead atoms. The van der Waals surface area contributed by atoms with Crippen molar-refractivity contribution in [2.75, 3.05) is 21.1 Å². The van der Waals surface area contributed by atoms with E-state index in [4.69, 9.17) is 22.3 Å². The molecule has 0 spiro atoms. The van der Waals surface area contributed by atoms with E-state index < -0.39 is 10.4 Å². The normalized spacial score (nSPS) is 13.1. The van der Waals surface area contributed by atoms with Gasteiger partial charge in [0.15, 0.2) is 0 Å². The molecule has 16 heavy (non-hydrogen) atoms. The fourth-order valence-electron chi connectivity index (χ4n) is 0.374. The van der Waals surface area contributed by atoms with Crippen molar-refractivity contribution >= 4 is 16.4 Å². The third-order valence-corrected chi connectivity index (χ3v) is 1.54. The van der Waals surface area contributed by atoms with Crippen LogP contribution in [-0.2, 0) is 19.9 Å². The highest BCUT2D eigenvalue weighted by molar-refractivity contribution is 7.79. The lowest BCUT2D eigenvalue weighted by Crippen LogP contribution is -2.45. The van der Waals surface area contributed by atoms with Gasteiger partial charge < -0.3 is 4.74 Å². The van der Waals surface area contributed by atoms with Crippen molar-refractivity contribution in [3.63, 3.8) is 0 Å². The zero-order valence-electron chi connectivity index (χ0n) is 9.74. The van der Waals surface area contributed by atoms with Gasteiger partial charge in [0.25, 0.3) is 0 Å². The van der Waals surface area contributed by atoms with Crippen LogP contribution in [0.25, 0.3) is 0 Å². The molecule has 96 valence electrons. The molecule has 0 aliphatic carbocycles. The SMILES string of the molecule is C=CC(=O)OC(C)[N+](C)(C)C.O=S(=O)(O)O. The topological polar surface area (TPSA) is 101 Å². The Balaban J connectivity index is 0. The largest absolute Gasteiger partial charge is 0.410 e. The molecule has 0 aliphatic rings. The maximum atomic E-state index is 10.7. The zero-order valence-corrected chi connectivity index (χ0v) is 10.6. The molecule has 0 aromatic rings. The van der Waals surface area contributed by atoms with E-state index in [1.165, 1.54) is 6.08 Å². The van der Waals surface area contributed by atoms with E-state index in [2.05, 4.69) is 6.58 Å². The molecular weight excluding hydrogens is 238 g/mol. The lowest BCUT2D eigenvalue weighted by atomic mass is 10.5. The van der Waals surface area contributed by atoms with Crippen molar-refractivity contribution in [3.8, 4) is 0 Å². The van der Waals surface area contributed by atoms with Gasteiger partial charge in [-0.25, -0.2) is 4.79 Å². The summed E-state index contributed by atoms with van der Waals surface area (Å²) in [6.07, 6.45) is 1.03. The molecule has 0 fully saturated rings. The van der Waals surface area contributed by atoms with Gasteiger partial charge in [-0.2, -0.15) is 8.42 Å². The number of rotatable bonds is 3. The van der Waals surface area contributed by atoms with Crippen LogP contribution in [0.4, 0.5) is 0 Å². The summed E-state index contributed by atoms with van der Waals surface area (Å²) in [6, 6.07) is 0. The van der Waals surface area contributed by atoms with E-state index >= 15 is 0 Å². The van der Waals surface area contributed by atoms with Gasteiger partial charge in [-0.05, 0) is 0 Å². The molecule has 0 amide bonds. The van der Waals surface area contributed by atoms with Gasteiger partial charge in [-0.1, -0.05) is 6.58 Å². The van der Waals surface area contributed by atoms with Gasteiger partial charge in [0.1, 0.15) is 0 Å². The van der Waals surface area contributed by atoms with Crippen LogP contribution in [0.5, 0.6) is 0 Å². The molecule has 1 atom stereocenters. The minimum absolute atomic E-state index is 0.138. The molecule has 8 heteroatoms. The van der Waals surface area contributed by atoms with E-state index in [1.807, 2.05) is 28.1 Å². The van der Waals surface area contributed by atoms with Crippen LogP contribution in [0.1, 0.15) is 6.92 Å². The van der Waals surface area contributed by atoms with Gasteiger partial charge in [0.2, 0.25) is 6.23 Å². The number of hydrogen-bond donors (Lipinski definition) is 2. The zero-order chi connectivity index (χ0) is 13.6. The van der Waals surface area contributed by atoms with E-state index in [9.17, 15) is 4.79 Å². The highest BCUT2D eigenvalue weighted by atomic mass is 32.3. The standard InChI is InChI=1S/C8H16NO2.H2O4S/c1-6-8(10)11-7(2)9(3,4)5;1-5(2,3)4/h6-7H,1H2,2-5H3;(H2,1,2,3,4)/q+1;. The lowest BCUT2D eigenvalue weighted by Gasteiger charge is -2.29. The van der Waals surface area contributed by atoms with Crippen molar-refractivity contribution in [1.29, 1.82) is 0 Å². The van der Waals surface area contributed by atoms with Crippen molar-refractivity contribution in [3.05, 3.63) is 12.7 Å². The predicted molar refractivity (Wildman–Crippen MR) is 58.0 cm³/mol. The molecule has 2 N–H and O–H groups in total. The summed E-state index contributed by atoms with van der Waals surface area (Å²) in [5, 5.41) is 0. The first-order valence-corrected chi connectivity index (χ1v) is 5.61. The molecule has 7 nitrogen and oxygen atoms in total. The molecule has 0 aliphatic heterocycles. The quantitative estimate of drug-likeness (QED) is 0.244. The summed E-state index contributed by atoms with van der Waals surface area (Å²) in [6.45, 7) is 5.16. The average Bonchev–Trinajstić information content (AvgIpc) is 1.99. The number of ether oxygens (including phenoxy) is 1. The average molecular weight is 256 g/mol. The fraction of sp³-hybridized carbons (Fsp3) is 0.625. The Kier molecular flexibility index (Phi) is 7.18. The summed E-state index contributed by atoms with van der Waals surface area (Å²) in [5.41, 5.74) is 0. The van der Waals surface area contributed by atoms with Crippen LogP contribution in [0.2, 0.25) is 0 Å². The summed E-state index contributed by atoms with van der Waals surface area (Å²) >= 11 is 0. The fourth-order valence-corrected chi connectivity index (χ4v) is 0.374. The van der Waals surface area contributed by atoms with Crippen molar-refractivity contribution in [2.24, 2.45) is 0 Å². The number of nitrogens with zero attached hydrogens (tertiary/aromatic N) is 1. The van der Waals surface area contributed by atoms with Gasteiger partial charge in [-0.3, -0.25) is 13.6 Å². The molecular formula is C8H18NO6S+. The van der Waals surface area contributed by atoms with Crippen LogP contribution >= 0.6 is 0 Å². The maximum absolute atomic E-state index is 10.7. The number of quaternary nitrogens is 1. The lowest BCUT2D eigenvalue weighted by molar-refractivity contribution is -0.914. The second-order valence-corrected chi connectivity index (χ2v) is 4.70. The molecule has 0 radical (unpaired) electrons. The Hall–Kier alpha value is -0.960. The minimum Gasteiger partial charge on any atom is -0.410 e. The van der Waals surface area contributed by atoms with Gasteiger partial charge >= 0.3 is 16.4 Å². The first-order valence-electron chi connectivity index (χ1n) is 4.22. The highest BCUT2D eigenvalue weighted by Crippen LogP contribution is 2.03. The van der Waals surface area contributed by atoms with E-state index in [1.54, 1.807) is 0 Å². The molecule has 0 aromatic carbocycles. The van der Waals surface area contributed by atoms with Crippen LogP contribution in [0, 0.1) is 0 Å². The first-order chi connectivity index (χ1) is 6.88. The number of carbonyl (C=O) groups excluding carboxylic acids is 1. The summed E-state index contributed by atoms with van der Waals surface area (Å²) in [4.78, 5) is 10.7. The number of hydrogen-bond acceptors (Lipinski definition) is 4. The second kappa shape index (κ2) is 6.59. The highest BCUT2D eigenvalue weighted by Gasteiger charge is 2.20. The monoisotopic (exact) mass is 256 g/mol. The van der Waals surface area contributed by atoms with E-state index in [-0.39, 0.29) is 12.2 Å². The Morgan fingerprint density at radius 1 is 1.38 bits per heavy atom. The molecule has 0 rings (SSSR count). The molecule has 0 saturated carbocycles. The summed E-state index contributed by atoms with van der Waals surface area (Å²) < 4.78 is 37.2. The maximum Gasteiger partial charge on any atom is 0.394 e. The van der Waals surface area contributed by atoms with E-state index in [0.29, 0.717) is 4.48 Å². The molecule has 0 aromatic heterocycles. The van der Waals surface area contributed by atoms with Crippen LogP contribution < -0.4 is 0 Å². The van der Waals surface area contributed by atoms with Crippen molar-refractivity contribution in [1.82, 2.24) is 0 Å². The number of carbonyl (C=O) groups is 1. The first kappa shape index (κ1) is 17.4. The third kappa shape index (κ3) is 15.5. The summed E-state index contributed by atoms with van der Waals surface area (Å²) in [7, 11) is 1.21. The third-order valence-electron chi connectivity index (χ3n) is 1.54. The van der Waals surface area contributed by atoms with Crippen molar-refractivity contribution in [2.45, 2.75) is 13.2 Å². The van der Waals surface area contributed by atoms with E-state index in [0.717, 1.165) is 0 Å². The Morgan fingerprint density at radius 2 is 1.69 bits per heavy atom. The van der Waals surface area contributed by atoms with Crippen LogP contribution in [0.15, 0.2) is 12.7 Å². The molecule has 0 heterocycles. The Morgan fingerprint density at radius 3 is 1.88 bits per heavy atom. The minimum atomic E-state index is -4.67. The van der Waals surface area contributed by atoms with Gasteiger partial charge in [-0.15, -0.1) is 0 Å². The molecule has 1 unspecified atom stereocenters. The summed E-state index contributed by atoms with van der Waals surface area (Å²) in [5.74, 6) is -0.370. The Bertz CT molecular complexity index is 321. The van der Waals surface area contributed by atoms with Crippen LogP contribution in [-0.4, -0.2) is 55.3 Å². The smallest absolute Gasteiger partial charge is 0.394 e. The van der Waals surface area contributed by atoms with Crippen LogP contribution in [0.3, 0.4) is 0 Å².